The largest absolute Gasteiger partial charge is 0.465 e. The second-order valence-electron chi connectivity index (χ2n) is 2.86. The molecule has 0 bridgehead atoms. The van der Waals surface area contributed by atoms with Crippen molar-refractivity contribution in [1.82, 2.24) is 0 Å². The lowest BCUT2D eigenvalue weighted by atomic mass is 10.1. The Morgan fingerprint density at radius 2 is 1.94 bits per heavy atom. The molecule has 1 aromatic carbocycles. The molecule has 0 aliphatic rings. The Morgan fingerprint density at radius 1 is 1.38 bits per heavy atom. The molecule has 0 spiro atoms. The van der Waals surface area contributed by atoms with E-state index in [4.69, 9.17) is 28.5 Å². The van der Waals surface area contributed by atoms with Crippen LogP contribution in [0.4, 0.5) is 0 Å². The summed E-state index contributed by atoms with van der Waals surface area (Å²) in [5, 5.41) is 9.61. The fraction of sp³-hybridized carbons (Fsp3) is 0.0909. The molecule has 1 rings (SSSR count). The number of benzene rings is 1. The van der Waals surface area contributed by atoms with Crippen molar-refractivity contribution in [3.05, 3.63) is 39.4 Å². The van der Waals surface area contributed by atoms with Crippen LogP contribution < -0.4 is 0 Å². The van der Waals surface area contributed by atoms with Gasteiger partial charge in [0.1, 0.15) is 11.6 Å². The van der Waals surface area contributed by atoms with Crippen molar-refractivity contribution < 1.29 is 9.53 Å². The van der Waals surface area contributed by atoms with Gasteiger partial charge in [-0.1, -0.05) is 23.2 Å². The molecular formula is C11H7Cl2NO2. The molecule has 82 valence electrons. The summed E-state index contributed by atoms with van der Waals surface area (Å²) < 4.78 is 4.44. The van der Waals surface area contributed by atoms with E-state index in [0.717, 1.165) is 0 Å². The monoisotopic (exact) mass is 255 g/mol. The Balaban J connectivity index is 3.15. The van der Waals surface area contributed by atoms with E-state index in [9.17, 15) is 4.79 Å². The van der Waals surface area contributed by atoms with Gasteiger partial charge in [0, 0.05) is 10.0 Å². The zero-order valence-corrected chi connectivity index (χ0v) is 9.84. The predicted octanol–water partition coefficient (Wildman–Crippen LogP) is 3.07. The molecule has 0 heterocycles. The van der Waals surface area contributed by atoms with Gasteiger partial charge in [-0.3, -0.25) is 0 Å². The maximum Gasteiger partial charge on any atom is 0.348 e. The van der Waals surface area contributed by atoms with Crippen LogP contribution in [0.2, 0.25) is 10.0 Å². The molecule has 0 saturated carbocycles. The van der Waals surface area contributed by atoms with Crippen molar-refractivity contribution in [1.29, 1.82) is 5.26 Å². The maximum atomic E-state index is 11.1. The predicted molar refractivity (Wildman–Crippen MR) is 62.1 cm³/mol. The van der Waals surface area contributed by atoms with Crippen molar-refractivity contribution in [2.45, 2.75) is 0 Å². The van der Waals surface area contributed by atoms with Gasteiger partial charge in [-0.05, 0) is 29.8 Å². The molecule has 0 atom stereocenters. The molecule has 0 fully saturated rings. The van der Waals surface area contributed by atoms with E-state index in [2.05, 4.69) is 4.74 Å². The van der Waals surface area contributed by atoms with Gasteiger partial charge in [0.2, 0.25) is 0 Å². The van der Waals surface area contributed by atoms with E-state index in [0.29, 0.717) is 15.6 Å². The summed E-state index contributed by atoms with van der Waals surface area (Å²) in [5.74, 6) is -0.696. The van der Waals surface area contributed by atoms with Crippen LogP contribution in [-0.2, 0) is 9.53 Å². The first-order valence-corrected chi connectivity index (χ1v) is 4.98. The number of carbonyl (C=O) groups is 1. The summed E-state index contributed by atoms with van der Waals surface area (Å²) in [4.78, 5) is 11.1. The third-order valence-electron chi connectivity index (χ3n) is 1.72. The minimum absolute atomic E-state index is 0.110. The average Bonchev–Trinajstić information content (AvgIpc) is 2.23. The fourth-order valence-electron chi connectivity index (χ4n) is 1.07. The van der Waals surface area contributed by atoms with E-state index >= 15 is 0 Å². The third kappa shape index (κ3) is 3.27. The van der Waals surface area contributed by atoms with E-state index in [1.807, 2.05) is 0 Å². The number of carbonyl (C=O) groups excluding carboxylic acids is 1. The Hall–Kier alpha value is -1.50. The molecular weight excluding hydrogens is 249 g/mol. The summed E-state index contributed by atoms with van der Waals surface area (Å²) in [5.41, 5.74) is 0.459. The second kappa shape index (κ2) is 5.55. The van der Waals surface area contributed by atoms with Gasteiger partial charge in [-0.25, -0.2) is 4.79 Å². The first-order chi connectivity index (χ1) is 7.56. The van der Waals surface area contributed by atoms with Crippen molar-refractivity contribution in [3.8, 4) is 6.07 Å². The summed E-state index contributed by atoms with van der Waals surface area (Å²) in [6, 6.07) is 6.48. The Bertz CT molecular complexity index is 469. The zero-order valence-electron chi connectivity index (χ0n) is 8.33. The minimum Gasteiger partial charge on any atom is -0.465 e. The van der Waals surface area contributed by atoms with Crippen LogP contribution in [0.25, 0.3) is 6.08 Å². The summed E-state index contributed by atoms with van der Waals surface area (Å²) in [6.07, 6.45) is 1.36. The van der Waals surface area contributed by atoms with E-state index in [-0.39, 0.29) is 5.57 Å². The number of esters is 1. The van der Waals surface area contributed by atoms with Gasteiger partial charge in [-0.15, -0.1) is 0 Å². The smallest absolute Gasteiger partial charge is 0.348 e. The molecule has 5 heteroatoms. The molecule has 0 aliphatic heterocycles. The molecule has 0 aliphatic carbocycles. The van der Waals surface area contributed by atoms with Crippen molar-refractivity contribution in [3.63, 3.8) is 0 Å². The third-order valence-corrected chi connectivity index (χ3v) is 2.16. The van der Waals surface area contributed by atoms with Crippen LogP contribution in [0.5, 0.6) is 0 Å². The van der Waals surface area contributed by atoms with Gasteiger partial charge in [0.15, 0.2) is 0 Å². The number of rotatable bonds is 2. The molecule has 0 N–H and O–H groups in total. The van der Waals surface area contributed by atoms with Gasteiger partial charge < -0.3 is 4.74 Å². The van der Waals surface area contributed by atoms with Crippen LogP contribution in [0.15, 0.2) is 23.8 Å². The highest BCUT2D eigenvalue weighted by atomic mass is 35.5. The van der Waals surface area contributed by atoms with E-state index in [1.54, 1.807) is 24.3 Å². The maximum absolute atomic E-state index is 11.1. The lowest BCUT2D eigenvalue weighted by molar-refractivity contribution is -0.135. The number of nitriles is 1. The molecule has 0 radical (unpaired) electrons. The zero-order chi connectivity index (χ0) is 12.1. The lowest BCUT2D eigenvalue weighted by Gasteiger charge is -1.99. The van der Waals surface area contributed by atoms with Crippen LogP contribution in [0.1, 0.15) is 5.56 Å². The molecule has 3 nitrogen and oxygen atoms in total. The van der Waals surface area contributed by atoms with Crippen molar-refractivity contribution in [2.75, 3.05) is 7.11 Å². The standard InChI is InChI=1S/C11H7Cl2NO2/c1-16-11(15)8(6-14)2-7-3-9(12)5-10(13)4-7/h2-5H,1H3/b8-2+. The number of ether oxygens (including phenoxy) is 1. The second-order valence-corrected chi connectivity index (χ2v) is 3.74. The highest BCUT2D eigenvalue weighted by molar-refractivity contribution is 6.34. The van der Waals surface area contributed by atoms with Crippen LogP contribution in [-0.4, -0.2) is 13.1 Å². The van der Waals surface area contributed by atoms with Gasteiger partial charge in [0.05, 0.1) is 7.11 Å². The summed E-state index contributed by atoms with van der Waals surface area (Å²) in [6.45, 7) is 0. The van der Waals surface area contributed by atoms with E-state index < -0.39 is 5.97 Å². The number of methoxy groups -OCH3 is 1. The quantitative estimate of drug-likeness (QED) is 0.464. The van der Waals surface area contributed by atoms with Crippen LogP contribution in [0.3, 0.4) is 0 Å². The van der Waals surface area contributed by atoms with Crippen molar-refractivity contribution in [2.24, 2.45) is 0 Å². The Kier molecular flexibility index (Phi) is 4.36. The number of hydrogen-bond acceptors (Lipinski definition) is 3. The molecule has 0 unspecified atom stereocenters. The molecule has 1 aromatic rings. The highest BCUT2D eigenvalue weighted by Crippen LogP contribution is 2.20. The molecule has 0 saturated heterocycles. The van der Waals surface area contributed by atoms with Gasteiger partial charge in [0.25, 0.3) is 0 Å². The molecule has 0 aromatic heterocycles. The average molecular weight is 256 g/mol. The van der Waals surface area contributed by atoms with Gasteiger partial charge in [-0.2, -0.15) is 5.26 Å². The van der Waals surface area contributed by atoms with Crippen molar-refractivity contribution >= 4 is 35.2 Å². The van der Waals surface area contributed by atoms with E-state index in [1.165, 1.54) is 13.2 Å². The SMILES string of the molecule is COC(=O)/C(C#N)=C/c1cc(Cl)cc(Cl)c1. The minimum atomic E-state index is -0.696. The molecule has 16 heavy (non-hydrogen) atoms. The number of nitrogens with zero attached hydrogens (tertiary/aromatic N) is 1. The lowest BCUT2D eigenvalue weighted by Crippen LogP contribution is -2.02. The number of halogens is 2. The summed E-state index contributed by atoms with van der Waals surface area (Å²) in [7, 11) is 1.21. The summed E-state index contributed by atoms with van der Waals surface area (Å²) >= 11 is 11.6. The number of hydrogen-bond donors (Lipinski definition) is 0. The first kappa shape index (κ1) is 12.6. The van der Waals surface area contributed by atoms with Crippen LogP contribution >= 0.6 is 23.2 Å². The highest BCUT2D eigenvalue weighted by Gasteiger charge is 2.08. The Morgan fingerprint density at radius 3 is 2.38 bits per heavy atom. The molecule has 0 amide bonds. The topological polar surface area (TPSA) is 50.1 Å². The van der Waals surface area contributed by atoms with Crippen LogP contribution in [0, 0.1) is 11.3 Å². The normalized spacial score (nSPS) is 10.8. The first-order valence-electron chi connectivity index (χ1n) is 4.23. The fourth-order valence-corrected chi connectivity index (χ4v) is 1.61. The Labute approximate surface area is 103 Å². The van der Waals surface area contributed by atoms with Gasteiger partial charge >= 0.3 is 5.97 Å².